The number of aliphatic hydroxyl groups excluding tert-OH is 2. The normalized spacial score (nSPS) is 10.9. The van der Waals surface area contributed by atoms with Gasteiger partial charge in [-0.25, -0.2) is 0 Å². The predicted octanol–water partition coefficient (Wildman–Crippen LogP) is 0.246. The molecule has 0 aromatic heterocycles. The summed E-state index contributed by atoms with van der Waals surface area (Å²) in [6, 6.07) is 6.27. The lowest BCUT2D eigenvalue weighted by atomic mass is 10.2. The largest absolute Gasteiger partial charge is 0.394 e. The van der Waals surface area contributed by atoms with Crippen molar-refractivity contribution in [3.63, 3.8) is 0 Å². The van der Waals surface area contributed by atoms with Gasteiger partial charge in [-0.3, -0.25) is 4.55 Å². The van der Waals surface area contributed by atoms with Crippen LogP contribution in [0.2, 0.25) is 0 Å². The van der Waals surface area contributed by atoms with Crippen LogP contribution in [-0.2, 0) is 19.6 Å². The number of aryl methyl sites for hydroxylation is 1. The Morgan fingerprint density at radius 3 is 1.76 bits per heavy atom. The molecule has 0 spiro atoms. The highest BCUT2D eigenvalue weighted by molar-refractivity contribution is 7.85. The third-order valence-electron chi connectivity index (χ3n) is 2.21. The van der Waals surface area contributed by atoms with Crippen molar-refractivity contribution in [2.75, 3.05) is 39.6 Å². The Balaban J connectivity index is 0.000000384. The SMILES string of the molecule is Cc1ccccc1S(=O)(=O)O.OCCOCCOCCO. The van der Waals surface area contributed by atoms with E-state index in [1.807, 2.05) is 0 Å². The van der Waals surface area contributed by atoms with E-state index in [1.54, 1.807) is 25.1 Å². The van der Waals surface area contributed by atoms with Crippen LogP contribution in [0.5, 0.6) is 0 Å². The molecule has 0 fully saturated rings. The third kappa shape index (κ3) is 10.4. The fraction of sp³-hybridized carbons (Fsp3) is 0.538. The van der Waals surface area contributed by atoms with Gasteiger partial charge in [-0.05, 0) is 18.6 Å². The van der Waals surface area contributed by atoms with Crippen LogP contribution in [0, 0.1) is 6.92 Å². The molecule has 0 aliphatic heterocycles. The van der Waals surface area contributed by atoms with Gasteiger partial charge in [0, 0.05) is 0 Å². The van der Waals surface area contributed by atoms with Gasteiger partial charge in [-0.1, -0.05) is 18.2 Å². The van der Waals surface area contributed by atoms with Crippen molar-refractivity contribution >= 4 is 10.1 Å². The highest BCUT2D eigenvalue weighted by Gasteiger charge is 2.10. The molecule has 0 amide bonds. The molecule has 8 heteroatoms. The standard InChI is InChI=1S/C7H8O3S.C6H14O4/c1-6-4-2-3-5-7(6)11(8,9)10;7-1-3-9-5-6-10-4-2-8/h2-5H,1H3,(H,8,9,10);7-8H,1-6H2. The Morgan fingerprint density at radius 2 is 1.43 bits per heavy atom. The molecule has 1 aromatic carbocycles. The fourth-order valence-electron chi connectivity index (χ4n) is 1.30. The smallest absolute Gasteiger partial charge is 0.294 e. The highest BCUT2D eigenvalue weighted by Crippen LogP contribution is 2.12. The first-order valence-corrected chi connectivity index (χ1v) is 7.77. The van der Waals surface area contributed by atoms with Crippen LogP contribution in [0.15, 0.2) is 29.2 Å². The van der Waals surface area contributed by atoms with Gasteiger partial charge in [-0.2, -0.15) is 8.42 Å². The Hall–Kier alpha value is -1.03. The van der Waals surface area contributed by atoms with E-state index >= 15 is 0 Å². The summed E-state index contributed by atoms with van der Waals surface area (Å²) >= 11 is 0. The molecule has 7 nitrogen and oxygen atoms in total. The average molecular weight is 322 g/mol. The summed E-state index contributed by atoms with van der Waals surface area (Å²) in [5.74, 6) is 0. The first kappa shape index (κ1) is 20.0. The zero-order valence-corrected chi connectivity index (χ0v) is 12.8. The van der Waals surface area contributed by atoms with Gasteiger partial charge >= 0.3 is 0 Å². The zero-order valence-electron chi connectivity index (χ0n) is 11.9. The number of rotatable bonds is 8. The minimum atomic E-state index is -4.03. The summed E-state index contributed by atoms with van der Waals surface area (Å²) in [7, 11) is -4.03. The second-order valence-electron chi connectivity index (χ2n) is 3.91. The molecular formula is C13H22O7S. The van der Waals surface area contributed by atoms with Gasteiger partial charge in [0.05, 0.1) is 44.5 Å². The van der Waals surface area contributed by atoms with Crippen LogP contribution in [0.1, 0.15) is 5.56 Å². The molecule has 0 bridgehead atoms. The van der Waals surface area contributed by atoms with Crippen molar-refractivity contribution < 1.29 is 32.7 Å². The highest BCUT2D eigenvalue weighted by atomic mass is 32.2. The molecule has 0 saturated heterocycles. The Bertz CT molecular complexity index is 465. The van der Waals surface area contributed by atoms with Crippen LogP contribution in [-0.4, -0.2) is 62.8 Å². The minimum Gasteiger partial charge on any atom is -0.394 e. The molecule has 0 unspecified atom stereocenters. The summed E-state index contributed by atoms with van der Waals surface area (Å²) in [5.41, 5.74) is 0.551. The first-order valence-electron chi connectivity index (χ1n) is 6.33. The van der Waals surface area contributed by atoms with Gasteiger partial charge in [0.2, 0.25) is 0 Å². The maximum absolute atomic E-state index is 10.6. The summed E-state index contributed by atoms with van der Waals surface area (Å²) in [5, 5.41) is 16.5. The molecule has 1 aromatic rings. The molecule has 0 aliphatic carbocycles. The molecule has 0 heterocycles. The molecule has 21 heavy (non-hydrogen) atoms. The van der Waals surface area contributed by atoms with Crippen molar-refractivity contribution in [3.8, 4) is 0 Å². The van der Waals surface area contributed by atoms with Gasteiger partial charge in [0.25, 0.3) is 10.1 Å². The third-order valence-corrected chi connectivity index (χ3v) is 3.23. The summed E-state index contributed by atoms with van der Waals surface area (Å²) in [6.07, 6.45) is 0. The van der Waals surface area contributed by atoms with E-state index in [1.165, 1.54) is 6.07 Å². The fourth-order valence-corrected chi connectivity index (χ4v) is 2.02. The van der Waals surface area contributed by atoms with Gasteiger partial charge in [0.15, 0.2) is 0 Å². The van der Waals surface area contributed by atoms with E-state index < -0.39 is 10.1 Å². The summed E-state index contributed by atoms with van der Waals surface area (Å²) in [4.78, 5) is -0.0278. The summed E-state index contributed by atoms with van der Waals surface area (Å²) in [6.45, 7) is 3.36. The quantitative estimate of drug-likeness (QED) is 0.464. The van der Waals surface area contributed by atoms with E-state index in [9.17, 15) is 8.42 Å². The van der Waals surface area contributed by atoms with E-state index in [0.717, 1.165) is 0 Å². The lowest BCUT2D eigenvalue weighted by Gasteiger charge is -2.01. The molecule has 0 radical (unpaired) electrons. The monoisotopic (exact) mass is 322 g/mol. The minimum absolute atomic E-state index is 0.0278. The Kier molecular flexibility index (Phi) is 11.0. The van der Waals surface area contributed by atoms with Gasteiger partial charge in [-0.15, -0.1) is 0 Å². The molecular weight excluding hydrogens is 300 g/mol. The molecule has 0 atom stereocenters. The van der Waals surface area contributed by atoms with Crippen LogP contribution >= 0.6 is 0 Å². The Morgan fingerprint density at radius 1 is 0.952 bits per heavy atom. The molecule has 0 saturated carbocycles. The lowest BCUT2D eigenvalue weighted by molar-refractivity contribution is 0.0222. The van der Waals surface area contributed by atoms with Crippen LogP contribution in [0.4, 0.5) is 0 Å². The van der Waals surface area contributed by atoms with Crippen LogP contribution < -0.4 is 0 Å². The van der Waals surface area contributed by atoms with E-state index in [4.69, 9.17) is 24.2 Å². The lowest BCUT2D eigenvalue weighted by Crippen LogP contribution is -2.09. The molecule has 3 N–H and O–H groups in total. The predicted molar refractivity (Wildman–Crippen MR) is 76.8 cm³/mol. The number of hydrogen-bond donors (Lipinski definition) is 3. The van der Waals surface area contributed by atoms with Gasteiger partial charge < -0.3 is 19.7 Å². The van der Waals surface area contributed by atoms with Crippen LogP contribution in [0.25, 0.3) is 0 Å². The van der Waals surface area contributed by atoms with Crippen molar-refractivity contribution in [1.82, 2.24) is 0 Å². The molecule has 0 aliphatic rings. The molecule has 122 valence electrons. The van der Waals surface area contributed by atoms with Crippen molar-refractivity contribution in [1.29, 1.82) is 0 Å². The number of ether oxygens (including phenoxy) is 2. The molecule has 1 rings (SSSR count). The summed E-state index contributed by atoms with van der Waals surface area (Å²) < 4.78 is 39.6. The zero-order chi connectivity index (χ0) is 16.1. The van der Waals surface area contributed by atoms with Crippen molar-refractivity contribution in [2.45, 2.75) is 11.8 Å². The number of benzene rings is 1. The second-order valence-corrected chi connectivity index (χ2v) is 5.30. The number of hydrogen-bond acceptors (Lipinski definition) is 6. The van der Waals surface area contributed by atoms with Gasteiger partial charge in [0.1, 0.15) is 0 Å². The van der Waals surface area contributed by atoms with E-state index in [-0.39, 0.29) is 18.1 Å². The van der Waals surface area contributed by atoms with Crippen molar-refractivity contribution in [2.24, 2.45) is 0 Å². The average Bonchev–Trinajstić information content (AvgIpc) is 2.43. The maximum Gasteiger partial charge on any atom is 0.294 e. The second kappa shape index (κ2) is 11.6. The number of aliphatic hydroxyl groups is 2. The van der Waals surface area contributed by atoms with Crippen molar-refractivity contribution in [3.05, 3.63) is 29.8 Å². The first-order chi connectivity index (χ1) is 9.93. The maximum atomic E-state index is 10.6. The van der Waals surface area contributed by atoms with E-state index in [2.05, 4.69) is 0 Å². The Labute approximate surface area is 124 Å². The van der Waals surface area contributed by atoms with E-state index in [0.29, 0.717) is 32.0 Å². The topological polar surface area (TPSA) is 113 Å². The van der Waals surface area contributed by atoms with Crippen LogP contribution in [0.3, 0.4) is 0 Å².